The molecule has 1 aliphatic heterocycles. The summed E-state index contributed by atoms with van der Waals surface area (Å²) >= 11 is 0. The number of benzene rings is 1. The molecular weight excluding hydrogens is 201 g/mol. The maximum absolute atomic E-state index is 14.1. The van der Waals surface area contributed by atoms with Crippen LogP contribution in [0.2, 0.25) is 0 Å². The lowest BCUT2D eigenvalue weighted by Gasteiger charge is -2.26. The van der Waals surface area contributed by atoms with Crippen LogP contribution in [0.25, 0.3) is 0 Å². The van der Waals surface area contributed by atoms with Crippen LogP contribution in [0.15, 0.2) is 12.1 Å². The third-order valence-corrected chi connectivity index (χ3v) is 4.14. The molecule has 1 aromatic carbocycles. The Morgan fingerprint density at radius 3 is 2.62 bits per heavy atom. The van der Waals surface area contributed by atoms with E-state index >= 15 is 0 Å². The van der Waals surface area contributed by atoms with Gasteiger partial charge in [-0.2, -0.15) is 0 Å². The topological polar surface area (TPSA) is 12.0 Å². The molecule has 0 saturated carbocycles. The SMILES string of the molecule is CC1(c2cc3c(cc2F)CCC3)CCCN1. The van der Waals surface area contributed by atoms with Gasteiger partial charge in [-0.15, -0.1) is 0 Å². The molecular formula is C14H18FN. The van der Waals surface area contributed by atoms with Crippen LogP contribution in [0.4, 0.5) is 4.39 Å². The van der Waals surface area contributed by atoms with E-state index in [1.165, 1.54) is 17.5 Å². The largest absolute Gasteiger partial charge is 0.308 e. The zero-order valence-corrected chi connectivity index (χ0v) is 9.78. The standard InChI is InChI=1S/C14H18FN/c1-14(6-3-7-16-14)12-8-10-4-2-5-11(10)9-13(12)15/h8-9,16H,2-7H2,1H3. The third-order valence-electron chi connectivity index (χ3n) is 4.14. The third kappa shape index (κ3) is 1.47. The van der Waals surface area contributed by atoms with Gasteiger partial charge >= 0.3 is 0 Å². The normalized spacial score (nSPS) is 28.4. The zero-order chi connectivity index (χ0) is 11.2. The lowest BCUT2D eigenvalue weighted by molar-refractivity contribution is 0.410. The quantitative estimate of drug-likeness (QED) is 0.765. The van der Waals surface area contributed by atoms with Gasteiger partial charge in [-0.3, -0.25) is 0 Å². The van der Waals surface area contributed by atoms with Crippen molar-refractivity contribution < 1.29 is 4.39 Å². The number of hydrogen-bond acceptors (Lipinski definition) is 1. The average Bonchev–Trinajstić information content (AvgIpc) is 2.85. The predicted octanol–water partition coefficient (Wildman–Crippen LogP) is 2.91. The second-order valence-electron chi connectivity index (χ2n) is 5.32. The molecule has 0 aromatic heterocycles. The molecule has 16 heavy (non-hydrogen) atoms. The summed E-state index contributed by atoms with van der Waals surface area (Å²) in [6.07, 6.45) is 5.55. The highest BCUT2D eigenvalue weighted by atomic mass is 19.1. The van der Waals surface area contributed by atoms with Crippen molar-refractivity contribution >= 4 is 0 Å². The summed E-state index contributed by atoms with van der Waals surface area (Å²) in [7, 11) is 0. The average molecular weight is 219 g/mol. The molecule has 86 valence electrons. The molecule has 1 N–H and O–H groups in total. The van der Waals surface area contributed by atoms with Gasteiger partial charge in [0.15, 0.2) is 0 Å². The molecule has 1 aliphatic carbocycles. The van der Waals surface area contributed by atoms with Gasteiger partial charge in [-0.1, -0.05) is 6.07 Å². The molecule has 1 aromatic rings. The first-order valence-corrected chi connectivity index (χ1v) is 6.26. The van der Waals surface area contributed by atoms with Gasteiger partial charge in [0, 0.05) is 11.1 Å². The predicted molar refractivity (Wildman–Crippen MR) is 63.0 cm³/mol. The molecule has 0 bridgehead atoms. The zero-order valence-electron chi connectivity index (χ0n) is 9.78. The van der Waals surface area contributed by atoms with E-state index in [9.17, 15) is 4.39 Å². The lowest BCUT2D eigenvalue weighted by atomic mass is 9.88. The van der Waals surface area contributed by atoms with Crippen LogP contribution in [0.1, 0.15) is 42.9 Å². The van der Waals surface area contributed by atoms with Crippen LogP contribution in [-0.4, -0.2) is 6.54 Å². The van der Waals surface area contributed by atoms with Crippen LogP contribution < -0.4 is 5.32 Å². The Kier molecular flexibility index (Phi) is 2.28. The molecule has 1 heterocycles. The smallest absolute Gasteiger partial charge is 0.128 e. The molecule has 3 rings (SSSR count). The van der Waals surface area contributed by atoms with Gasteiger partial charge < -0.3 is 5.32 Å². The maximum Gasteiger partial charge on any atom is 0.128 e. The number of fused-ring (bicyclic) bond motifs is 1. The number of rotatable bonds is 1. The van der Waals surface area contributed by atoms with Gasteiger partial charge in [0.05, 0.1) is 0 Å². The van der Waals surface area contributed by atoms with Crippen molar-refractivity contribution in [3.8, 4) is 0 Å². The second kappa shape index (κ2) is 3.56. The monoisotopic (exact) mass is 219 g/mol. The van der Waals surface area contributed by atoms with E-state index < -0.39 is 0 Å². The van der Waals surface area contributed by atoms with Crippen LogP contribution in [0.5, 0.6) is 0 Å². The first-order chi connectivity index (χ1) is 7.69. The fourth-order valence-corrected chi connectivity index (χ4v) is 3.14. The van der Waals surface area contributed by atoms with E-state index in [-0.39, 0.29) is 11.4 Å². The minimum Gasteiger partial charge on any atom is -0.308 e. The van der Waals surface area contributed by atoms with Crippen molar-refractivity contribution in [1.82, 2.24) is 5.32 Å². The molecule has 1 fully saturated rings. The summed E-state index contributed by atoms with van der Waals surface area (Å²) in [6, 6.07) is 3.87. The Bertz CT molecular complexity index is 419. The molecule has 1 atom stereocenters. The number of nitrogens with one attached hydrogen (secondary N) is 1. The summed E-state index contributed by atoms with van der Waals surface area (Å²) in [5.74, 6) is -0.0162. The minimum atomic E-state index is -0.137. The molecule has 0 spiro atoms. The fourth-order valence-electron chi connectivity index (χ4n) is 3.14. The summed E-state index contributed by atoms with van der Waals surface area (Å²) in [5.41, 5.74) is 3.33. The van der Waals surface area contributed by atoms with E-state index in [4.69, 9.17) is 0 Å². The molecule has 2 aliphatic rings. The van der Waals surface area contributed by atoms with E-state index in [0.717, 1.165) is 37.8 Å². The Morgan fingerprint density at radius 2 is 1.94 bits per heavy atom. The maximum atomic E-state index is 14.1. The molecule has 0 radical (unpaired) electrons. The van der Waals surface area contributed by atoms with Gasteiger partial charge in [-0.25, -0.2) is 4.39 Å². The Labute approximate surface area is 96.1 Å². The van der Waals surface area contributed by atoms with E-state index in [1.807, 2.05) is 0 Å². The highest BCUT2D eigenvalue weighted by Gasteiger charge is 2.33. The van der Waals surface area contributed by atoms with Gasteiger partial charge in [0.25, 0.3) is 0 Å². The van der Waals surface area contributed by atoms with Crippen molar-refractivity contribution in [3.05, 3.63) is 34.6 Å². The first kappa shape index (κ1) is 10.3. The number of halogens is 1. The summed E-state index contributed by atoms with van der Waals surface area (Å²) in [6.45, 7) is 3.13. The van der Waals surface area contributed by atoms with Gasteiger partial charge in [-0.05, 0) is 62.8 Å². The van der Waals surface area contributed by atoms with E-state index in [2.05, 4.69) is 18.3 Å². The Hall–Kier alpha value is -0.890. The number of hydrogen-bond donors (Lipinski definition) is 1. The van der Waals surface area contributed by atoms with Crippen molar-refractivity contribution in [2.24, 2.45) is 0 Å². The van der Waals surface area contributed by atoms with Crippen molar-refractivity contribution in [1.29, 1.82) is 0 Å². The molecule has 2 heteroatoms. The lowest BCUT2D eigenvalue weighted by Crippen LogP contribution is -2.34. The highest BCUT2D eigenvalue weighted by Crippen LogP contribution is 2.35. The highest BCUT2D eigenvalue weighted by molar-refractivity contribution is 5.39. The fraction of sp³-hybridized carbons (Fsp3) is 0.571. The molecule has 0 amide bonds. The Balaban J connectivity index is 2.07. The molecule has 1 nitrogen and oxygen atoms in total. The summed E-state index contributed by atoms with van der Waals surface area (Å²) in [5, 5.41) is 3.44. The van der Waals surface area contributed by atoms with Crippen LogP contribution >= 0.6 is 0 Å². The van der Waals surface area contributed by atoms with Crippen LogP contribution in [0, 0.1) is 5.82 Å². The van der Waals surface area contributed by atoms with Gasteiger partial charge in [0.1, 0.15) is 5.82 Å². The second-order valence-corrected chi connectivity index (χ2v) is 5.32. The molecule has 1 unspecified atom stereocenters. The molecule has 1 saturated heterocycles. The van der Waals surface area contributed by atoms with Crippen LogP contribution in [-0.2, 0) is 18.4 Å². The Morgan fingerprint density at radius 1 is 1.19 bits per heavy atom. The summed E-state index contributed by atoms with van der Waals surface area (Å²) in [4.78, 5) is 0. The van der Waals surface area contributed by atoms with Crippen molar-refractivity contribution in [3.63, 3.8) is 0 Å². The van der Waals surface area contributed by atoms with Crippen LogP contribution in [0.3, 0.4) is 0 Å². The first-order valence-electron chi connectivity index (χ1n) is 6.26. The van der Waals surface area contributed by atoms with Gasteiger partial charge in [0.2, 0.25) is 0 Å². The van der Waals surface area contributed by atoms with E-state index in [1.54, 1.807) is 6.07 Å². The summed E-state index contributed by atoms with van der Waals surface area (Å²) < 4.78 is 14.1. The minimum absolute atomic E-state index is 0.0162. The van der Waals surface area contributed by atoms with E-state index in [0.29, 0.717) is 0 Å². The van der Waals surface area contributed by atoms with Crippen molar-refractivity contribution in [2.45, 2.75) is 44.6 Å². The number of aryl methyl sites for hydroxylation is 2. The van der Waals surface area contributed by atoms with Crippen molar-refractivity contribution in [2.75, 3.05) is 6.54 Å².